The number of thiazole rings is 1. The molecule has 0 atom stereocenters. The molecule has 0 saturated heterocycles. The molecule has 1 aromatic rings. The Bertz CT molecular complexity index is 409. The molecule has 0 unspecified atom stereocenters. The number of rotatable bonds is 3. The Morgan fingerprint density at radius 3 is 2.47 bits per heavy atom. The van der Waals surface area contributed by atoms with E-state index in [1.165, 1.54) is 30.0 Å². The van der Waals surface area contributed by atoms with Crippen LogP contribution < -0.4 is 5.73 Å². The Kier molecular flexibility index (Phi) is 4.36. The van der Waals surface area contributed by atoms with Gasteiger partial charge in [-0.2, -0.15) is 0 Å². The van der Waals surface area contributed by atoms with Gasteiger partial charge >= 0.3 is 0 Å². The minimum Gasteiger partial charge on any atom is -0.325 e. The van der Waals surface area contributed by atoms with Crippen LogP contribution in [0.2, 0.25) is 0 Å². The van der Waals surface area contributed by atoms with Gasteiger partial charge in [0.25, 0.3) is 0 Å². The first-order chi connectivity index (χ1) is 8.82. The summed E-state index contributed by atoms with van der Waals surface area (Å²) < 4.78 is 0. The van der Waals surface area contributed by atoms with Gasteiger partial charge in [-0.25, -0.2) is 4.98 Å². The average Bonchev–Trinajstić information content (AvgIpc) is 2.78. The molecule has 108 valence electrons. The molecule has 0 spiro atoms. The standard InChI is InChI=1S/C16H28N2S/c1-5-12-6-8-16(17,9-7-12)10-14-18-13(11-19-14)15(2,3)4/h11-12H,5-10,17H2,1-4H3. The first kappa shape index (κ1) is 15.0. The number of aromatic nitrogens is 1. The molecule has 1 aromatic heterocycles. The van der Waals surface area contributed by atoms with Crippen LogP contribution in [0.5, 0.6) is 0 Å². The Morgan fingerprint density at radius 1 is 1.37 bits per heavy atom. The van der Waals surface area contributed by atoms with E-state index in [1.54, 1.807) is 11.3 Å². The normalized spacial score (nSPS) is 28.6. The maximum atomic E-state index is 6.59. The molecule has 1 aliphatic carbocycles. The fraction of sp³-hybridized carbons (Fsp3) is 0.812. The Morgan fingerprint density at radius 2 is 2.00 bits per heavy atom. The monoisotopic (exact) mass is 280 g/mol. The highest BCUT2D eigenvalue weighted by molar-refractivity contribution is 7.09. The van der Waals surface area contributed by atoms with Gasteiger partial charge in [0.15, 0.2) is 0 Å². The third-order valence-corrected chi connectivity index (χ3v) is 5.35. The molecule has 1 aliphatic rings. The van der Waals surface area contributed by atoms with Gasteiger partial charge in [0.05, 0.1) is 10.7 Å². The lowest BCUT2D eigenvalue weighted by Gasteiger charge is -2.36. The van der Waals surface area contributed by atoms with Crippen LogP contribution in [0, 0.1) is 5.92 Å². The van der Waals surface area contributed by atoms with Crippen LogP contribution in [0.3, 0.4) is 0 Å². The van der Waals surface area contributed by atoms with E-state index in [0.29, 0.717) is 0 Å². The highest BCUT2D eigenvalue weighted by Crippen LogP contribution is 2.35. The van der Waals surface area contributed by atoms with Gasteiger partial charge in [-0.1, -0.05) is 34.1 Å². The average molecular weight is 280 g/mol. The second-order valence-electron chi connectivity index (χ2n) is 7.27. The summed E-state index contributed by atoms with van der Waals surface area (Å²) >= 11 is 1.78. The lowest BCUT2D eigenvalue weighted by Crippen LogP contribution is -2.45. The van der Waals surface area contributed by atoms with E-state index in [9.17, 15) is 0 Å². The van der Waals surface area contributed by atoms with Crippen molar-refractivity contribution >= 4 is 11.3 Å². The van der Waals surface area contributed by atoms with Crippen LogP contribution >= 0.6 is 11.3 Å². The topological polar surface area (TPSA) is 38.9 Å². The van der Waals surface area contributed by atoms with Crippen molar-refractivity contribution in [1.29, 1.82) is 0 Å². The van der Waals surface area contributed by atoms with Crippen LogP contribution in [0.4, 0.5) is 0 Å². The molecule has 1 heterocycles. The molecular formula is C16H28N2S. The summed E-state index contributed by atoms with van der Waals surface area (Å²) in [5.41, 5.74) is 7.95. The summed E-state index contributed by atoms with van der Waals surface area (Å²) in [4.78, 5) is 4.80. The van der Waals surface area contributed by atoms with Crippen molar-refractivity contribution < 1.29 is 0 Å². The van der Waals surface area contributed by atoms with Crippen molar-refractivity contribution in [1.82, 2.24) is 4.98 Å². The molecule has 2 rings (SSSR count). The molecule has 0 bridgehead atoms. The van der Waals surface area contributed by atoms with Crippen molar-refractivity contribution in [2.24, 2.45) is 11.7 Å². The van der Waals surface area contributed by atoms with Gasteiger partial charge in [-0.15, -0.1) is 11.3 Å². The molecule has 0 amide bonds. The lowest BCUT2D eigenvalue weighted by molar-refractivity contribution is 0.228. The quantitative estimate of drug-likeness (QED) is 0.897. The zero-order chi connectivity index (χ0) is 14.1. The molecule has 1 fully saturated rings. The zero-order valence-electron chi connectivity index (χ0n) is 12.8. The summed E-state index contributed by atoms with van der Waals surface area (Å²) in [6.07, 6.45) is 7.19. The third kappa shape index (κ3) is 3.79. The van der Waals surface area contributed by atoms with Gasteiger partial charge in [-0.3, -0.25) is 0 Å². The van der Waals surface area contributed by atoms with Crippen molar-refractivity contribution in [2.75, 3.05) is 0 Å². The molecule has 0 aliphatic heterocycles. The highest BCUT2D eigenvalue weighted by Gasteiger charge is 2.32. The van der Waals surface area contributed by atoms with Gasteiger partial charge in [-0.05, 0) is 31.6 Å². The smallest absolute Gasteiger partial charge is 0.0946 e. The summed E-state index contributed by atoms with van der Waals surface area (Å²) in [5.74, 6) is 0.901. The van der Waals surface area contributed by atoms with E-state index in [0.717, 1.165) is 25.2 Å². The van der Waals surface area contributed by atoms with Crippen molar-refractivity contribution in [2.45, 2.75) is 77.2 Å². The first-order valence-electron chi connectivity index (χ1n) is 7.56. The van der Waals surface area contributed by atoms with Crippen LogP contribution in [0.1, 0.15) is 70.5 Å². The van der Waals surface area contributed by atoms with Crippen LogP contribution in [0.25, 0.3) is 0 Å². The van der Waals surface area contributed by atoms with Crippen LogP contribution in [0.15, 0.2) is 5.38 Å². The van der Waals surface area contributed by atoms with Gasteiger partial charge < -0.3 is 5.73 Å². The minimum absolute atomic E-state index is 0.00131. The molecule has 2 nitrogen and oxygen atoms in total. The minimum atomic E-state index is -0.00131. The fourth-order valence-electron chi connectivity index (χ4n) is 2.88. The second-order valence-corrected chi connectivity index (χ2v) is 8.21. The van der Waals surface area contributed by atoms with Crippen molar-refractivity contribution in [3.05, 3.63) is 16.1 Å². The van der Waals surface area contributed by atoms with E-state index in [4.69, 9.17) is 10.7 Å². The van der Waals surface area contributed by atoms with Gasteiger partial charge in [0, 0.05) is 22.8 Å². The highest BCUT2D eigenvalue weighted by atomic mass is 32.1. The number of nitrogens with two attached hydrogens (primary N) is 1. The second kappa shape index (κ2) is 5.53. The van der Waals surface area contributed by atoms with Crippen LogP contribution in [-0.2, 0) is 11.8 Å². The van der Waals surface area contributed by atoms with Crippen molar-refractivity contribution in [3.63, 3.8) is 0 Å². The number of nitrogens with zero attached hydrogens (tertiary/aromatic N) is 1. The predicted octanol–water partition coefficient (Wildman–Crippen LogP) is 4.28. The fourth-order valence-corrected chi connectivity index (χ4v) is 4.05. The van der Waals surface area contributed by atoms with E-state index >= 15 is 0 Å². The summed E-state index contributed by atoms with van der Waals surface area (Å²) in [6.45, 7) is 8.95. The van der Waals surface area contributed by atoms with Gasteiger partial charge in [0.2, 0.25) is 0 Å². The Balaban J connectivity index is 1.99. The number of hydrogen-bond acceptors (Lipinski definition) is 3. The summed E-state index contributed by atoms with van der Waals surface area (Å²) in [7, 11) is 0. The van der Waals surface area contributed by atoms with Crippen LogP contribution in [-0.4, -0.2) is 10.5 Å². The largest absolute Gasteiger partial charge is 0.325 e. The van der Waals surface area contributed by atoms with Crippen molar-refractivity contribution in [3.8, 4) is 0 Å². The maximum Gasteiger partial charge on any atom is 0.0946 e. The molecule has 19 heavy (non-hydrogen) atoms. The van der Waals surface area contributed by atoms with E-state index in [-0.39, 0.29) is 11.0 Å². The zero-order valence-corrected chi connectivity index (χ0v) is 13.6. The third-order valence-electron chi connectivity index (χ3n) is 4.50. The molecule has 1 saturated carbocycles. The van der Waals surface area contributed by atoms with E-state index in [1.807, 2.05) is 0 Å². The molecule has 2 N–H and O–H groups in total. The first-order valence-corrected chi connectivity index (χ1v) is 8.44. The number of hydrogen-bond donors (Lipinski definition) is 1. The van der Waals surface area contributed by atoms with E-state index in [2.05, 4.69) is 33.1 Å². The SMILES string of the molecule is CCC1CCC(N)(Cc2nc(C(C)(C)C)cs2)CC1. The predicted molar refractivity (Wildman–Crippen MR) is 83.7 cm³/mol. The van der Waals surface area contributed by atoms with E-state index < -0.39 is 0 Å². The van der Waals surface area contributed by atoms with Gasteiger partial charge in [0.1, 0.15) is 0 Å². The molecular weight excluding hydrogens is 252 g/mol. The molecule has 0 radical (unpaired) electrons. The molecule has 0 aromatic carbocycles. The lowest BCUT2D eigenvalue weighted by atomic mass is 9.75. The summed E-state index contributed by atoms with van der Waals surface area (Å²) in [5, 5.41) is 3.43. The summed E-state index contributed by atoms with van der Waals surface area (Å²) in [6, 6.07) is 0. The maximum absolute atomic E-state index is 6.59. The Hall–Kier alpha value is -0.410. The molecule has 3 heteroatoms. The Labute approximate surface area is 121 Å².